The van der Waals surface area contributed by atoms with Gasteiger partial charge in [-0.05, 0) is 60.7 Å². The van der Waals surface area contributed by atoms with Gasteiger partial charge in [0, 0.05) is 43.5 Å². The van der Waals surface area contributed by atoms with E-state index in [0.717, 1.165) is 52.4 Å². The highest BCUT2D eigenvalue weighted by atomic mass is 16.5. The normalized spacial score (nSPS) is 18.0. The van der Waals surface area contributed by atoms with Crippen molar-refractivity contribution in [3.63, 3.8) is 0 Å². The topological polar surface area (TPSA) is 101 Å². The lowest BCUT2D eigenvalue weighted by Gasteiger charge is -2.24. The first kappa shape index (κ1) is 25.6. The van der Waals surface area contributed by atoms with Gasteiger partial charge in [-0.1, -0.05) is 26.8 Å². The molecule has 0 fully saturated rings. The molecule has 2 aliphatic rings. The van der Waals surface area contributed by atoms with Crippen molar-refractivity contribution in [2.45, 2.75) is 58.8 Å². The third kappa shape index (κ3) is 5.46. The summed E-state index contributed by atoms with van der Waals surface area (Å²) in [6.07, 6.45) is 5.08. The van der Waals surface area contributed by atoms with Crippen LogP contribution in [0.3, 0.4) is 0 Å². The first-order valence-electron chi connectivity index (χ1n) is 13.4. The Morgan fingerprint density at radius 2 is 1.89 bits per heavy atom. The summed E-state index contributed by atoms with van der Waals surface area (Å²) in [5.74, 6) is 1.13. The maximum atomic E-state index is 12.6. The Morgan fingerprint density at radius 1 is 1.08 bits per heavy atom. The number of nitrogens with zero attached hydrogens (tertiary/aromatic N) is 5. The Kier molecular flexibility index (Phi) is 7.53. The molecule has 198 valence electrons. The van der Waals surface area contributed by atoms with Crippen LogP contribution in [0.4, 0.5) is 0 Å². The van der Waals surface area contributed by atoms with Gasteiger partial charge < -0.3 is 4.74 Å². The number of benzene rings is 1. The zero-order chi connectivity index (χ0) is 26.6. The zero-order valence-electron chi connectivity index (χ0n) is 22.2. The van der Waals surface area contributed by atoms with Crippen LogP contribution in [-0.2, 0) is 9.59 Å². The maximum Gasteiger partial charge on any atom is 0.243 e. The molecule has 9 nitrogen and oxygen atoms in total. The average Bonchev–Trinajstić information content (AvgIpc) is 3.30. The van der Waals surface area contributed by atoms with Gasteiger partial charge in [-0.2, -0.15) is 15.3 Å². The summed E-state index contributed by atoms with van der Waals surface area (Å²) in [4.78, 5) is 24.1. The van der Waals surface area contributed by atoms with Crippen LogP contribution in [0.15, 0.2) is 58.9 Å². The fourth-order valence-electron chi connectivity index (χ4n) is 4.95. The molecule has 1 atom stereocenters. The zero-order valence-corrected chi connectivity index (χ0v) is 22.2. The third-order valence-electron chi connectivity index (χ3n) is 6.95. The number of aromatic nitrogens is 2. The number of hydrogen-bond donors (Lipinski definition) is 1. The van der Waals surface area contributed by atoms with E-state index in [-0.39, 0.29) is 23.7 Å². The summed E-state index contributed by atoms with van der Waals surface area (Å²) in [5.41, 5.74) is 8.45. The molecule has 1 aromatic carbocycles. The lowest BCUT2D eigenvalue weighted by molar-refractivity contribution is -0.131. The van der Waals surface area contributed by atoms with Crippen molar-refractivity contribution >= 4 is 28.8 Å². The molecule has 2 aliphatic heterocycles. The van der Waals surface area contributed by atoms with Crippen LogP contribution in [0.2, 0.25) is 0 Å². The molecule has 9 heteroatoms. The Morgan fingerprint density at radius 3 is 2.66 bits per heavy atom. The van der Waals surface area contributed by atoms with Gasteiger partial charge in [0.15, 0.2) is 0 Å². The maximum absolute atomic E-state index is 12.6. The van der Waals surface area contributed by atoms with Crippen LogP contribution in [0.25, 0.3) is 5.52 Å². The van der Waals surface area contributed by atoms with Gasteiger partial charge >= 0.3 is 0 Å². The SMILES string of the molecule is CC1CC(=O)NN=C1c1ccc(OCCCCN2N=C(c3c(C(C)C)nn4ccccc34)CCC2=O)cc1. The van der Waals surface area contributed by atoms with Gasteiger partial charge in [0.2, 0.25) is 11.8 Å². The largest absolute Gasteiger partial charge is 0.494 e. The lowest BCUT2D eigenvalue weighted by Crippen LogP contribution is -2.33. The number of ether oxygens (including phenoxy) is 1. The van der Waals surface area contributed by atoms with Crippen LogP contribution in [0, 0.1) is 5.92 Å². The number of nitrogens with one attached hydrogen (secondary N) is 1. The number of pyridine rings is 1. The second-order valence-electron chi connectivity index (χ2n) is 10.2. The molecule has 5 rings (SSSR count). The predicted octanol–water partition coefficient (Wildman–Crippen LogP) is 4.50. The molecule has 0 saturated heterocycles. The van der Waals surface area contributed by atoms with Crippen molar-refractivity contribution in [2.75, 3.05) is 13.2 Å². The van der Waals surface area contributed by atoms with Gasteiger partial charge in [-0.25, -0.2) is 15.0 Å². The minimum atomic E-state index is -0.0508. The first-order chi connectivity index (χ1) is 18.4. The van der Waals surface area contributed by atoms with Crippen molar-refractivity contribution in [3.05, 3.63) is 65.5 Å². The molecule has 1 N–H and O–H groups in total. The number of carbonyl (C=O) groups is 2. The molecule has 0 bridgehead atoms. The highest BCUT2D eigenvalue weighted by Crippen LogP contribution is 2.27. The molecule has 1 unspecified atom stereocenters. The monoisotopic (exact) mass is 514 g/mol. The van der Waals surface area contributed by atoms with Crippen molar-refractivity contribution in [1.82, 2.24) is 20.0 Å². The van der Waals surface area contributed by atoms with E-state index in [1.165, 1.54) is 0 Å². The van der Waals surface area contributed by atoms with E-state index in [1.807, 2.05) is 54.0 Å². The van der Waals surface area contributed by atoms with E-state index in [2.05, 4.69) is 30.4 Å². The molecule has 0 spiro atoms. The van der Waals surface area contributed by atoms with Gasteiger partial charge in [-0.3, -0.25) is 9.59 Å². The predicted molar refractivity (Wildman–Crippen MR) is 146 cm³/mol. The molecule has 0 aliphatic carbocycles. The number of fused-ring (bicyclic) bond motifs is 1. The highest BCUT2D eigenvalue weighted by molar-refractivity contribution is 6.09. The molecule has 0 saturated carbocycles. The number of hydrazone groups is 2. The van der Waals surface area contributed by atoms with E-state index in [9.17, 15) is 9.59 Å². The summed E-state index contributed by atoms with van der Waals surface area (Å²) < 4.78 is 7.82. The lowest BCUT2D eigenvalue weighted by atomic mass is 9.94. The van der Waals surface area contributed by atoms with Gasteiger partial charge in [0.05, 0.1) is 29.2 Å². The summed E-state index contributed by atoms with van der Waals surface area (Å²) in [7, 11) is 0. The van der Waals surface area contributed by atoms with E-state index >= 15 is 0 Å². The summed E-state index contributed by atoms with van der Waals surface area (Å²) in [6, 6.07) is 13.8. The molecule has 0 radical (unpaired) electrons. The smallest absolute Gasteiger partial charge is 0.243 e. The summed E-state index contributed by atoms with van der Waals surface area (Å²) >= 11 is 0. The molecular weight excluding hydrogens is 480 g/mol. The number of hydrogen-bond acceptors (Lipinski definition) is 6. The summed E-state index contributed by atoms with van der Waals surface area (Å²) in [6.45, 7) is 7.38. The van der Waals surface area contributed by atoms with Gasteiger partial charge in [-0.15, -0.1) is 0 Å². The highest BCUT2D eigenvalue weighted by Gasteiger charge is 2.26. The molecule has 4 heterocycles. The minimum Gasteiger partial charge on any atom is -0.494 e. The molecule has 3 aromatic rings. The van der Waals surface area contributed by atoms with Crippen molar-refractivity contribution in [2.24, 2.45) is 16.1 Å². The summed E-state index contributed by atoms with van der Waals surface area (Å²) in [5, 5.41) is 15.4. The molecule has 2 aromatic heterocycles. The molecular formula is C29H34N6O3. The van der Waals surface area contributed by atoms with Crippen LogP contribution in [0.5, 0.6) is 5.75 Å². The van der Waals surface area contributed by atoms with E-state index in [0.29, 0.717) is 32.4 Å². The number of rotatable bonds is 9. The fraction of sp³-hybridized carbons (Fsp3) is 0.414. The minimum absolute atomic E-state index is 0.0508. The Labute approximate surface area is 222 Å². The van der Waals surface area contributed by atoms with Crippen LogP contribution < -0.4 is 10.2 Å². The average molecular weight is 515 g/mol. The Balaban J connectivity index is 1.17. The second kappa shape index (κ2) is 11.2. The molecule has 2 amide bonds. The Hall–Kier alpha value is -4.01. The van der Waals surface area contributed by atoms with E-state index in [4.69, 9.17) is 14.9 Å². The van der Waals surface area contributed by atoms with Gasteiger partial charge in [0.1, 0.15) is 5.75 Å². The van der Waals surface area contributed by atoms with Crippen molar-refractivity contribution < 1.29 is 14.3 Å². The number of unbranched alkanes of at least 4 members (excludes halogenated alkanes) is 1. The standard InChI is InChI=1S/C29H34N6O3/c1-19(2)28-27(24-8-4-5-15-34(24)33-28)23-13-14-26(37)35(32-23)16-6-7-17-38-22-11-9-21(10-12-22)29-20(3)18-25(36)30-31-29/h4-5,8-12,15,19-20H,6-7,13-14,16-18H2,1-3H3,(H,30,36). The van der Waals surface area contributed by atoms with E-state index < -0.39 is 0 Å². The molecule has 38 heavy (non-hydrogen) atoms. The number of amides is 2. The second-order valence-corrected chi connectivity index (χ2v) is 10.2. The third-order valence-corrected chi connectivity index (χ3v) is 6.95. The van der Waals surface area contributed by atoms with Crippen LogP contribution >= 0.6 is 0 Å². The van der Waals surface area contributed by atoms with E-state index in [1.54, 1.807) is 5.01 Å². The Bertz CT molecular complexity index is 1390. The van der Waals surface area contributed by atoms with Crippen molar-refractivity contribution in [1.29, 1.82) is 0 Å². The quantitative estimate of drug-likeness (QED) is 0.425. The van der Waals surface area contributed by atoms with Crippen LogP contribution in [0.1, 0.15) is 75.6 Å². The van der Waals surface area contributed by atoms with Crippen LogP contribution in [-0.4, -0.2) is 51.0 Å². The first-order valence-corrected chi connectivity index (χ1v) is 13.4. The number of carbonyl (C=O) groups excluding carboxylic acids is 2. The fourth-order valence-corrected chi connectivity index (χ4v) is 4.95. The van der Waals surface area contributed by atoms with Gasteiger partial charge in [0.25, 0.3) is 0 Å². The van der Waals surface area contributed by atoms with Crippen molar-refractivity contribution in [3.8, 4) is 5.75 Å².